The minimum atomic E-state index is -0.520. The fourth-order valence-electron chi connectivity index (χ4n) is 7.08. The largest absolute Gasteiger partial charge is 0.0622 e. The van der Waals surface area contributed by atoms with Crippen molar-refractivity contribution < 1.29 is 0 Å². The van der Waals surface area contributed by atoms with E-state index in [1.807, 2.05) is 0 Å². The van der Waals surface area contributed by atoms with E-state index < -0.39 is 15.8 Å². The lowest BCUT2D eigenvalue weighted by molar-refractivity contribution is 0.736. The molecule has 7 rings (SSSR count). The third-order valence-corrected chi connectivity index (χ3v) is 14.3. The van der Waals surface area contributed by atoms with Crippen LogP contribution >= 0.6 is 15.8 Å². The number of hydrogen-bond acceptors (Lipinski definition) is 0. The van der Waals surface area contributed by atoms with Gasteiger partial charge >= 0.3 is 0 Å². The first-order chi connectivity index (χ1) is 21.4. The molecule has 43 heavy (non-hydrogen) atoms. The lowest BCUT2D eigenvalue weighted by Crippen LogP contribution is -2.20. The number of benzene rings is 6. The molecule has 0 aliphatic heterocycles. The van der Waals surface area contributed by atoms with Gasteiger partial charge in [-0.2, -0.15) is 0 Å². The van der Waals surface area contributed by atoms with Gasteiger partial charge in [0, 0.05) is 5.41 Å². The first kappa shape index (κ1) is 28.0. The average Bonchev–Trinajstić information content (AvgIpc) is 3.75. The van der Waals surface area contributed by atoms with E-state index in [0.29, 0.717) is 11.8 Å². The van der Waals surface area contributed by atoms with Gasteiger partial charge < -0.3 is 0 Å². The van der Waals surface area contributed by atoms with E-state index in [2.05, 4.69) is 182 Å². The summed E-state index contributed by atoms with van der Waals surface area (Å²) in [5.74, 6) is 1.06. The molecule has 1 fully saturated rings. The molecule has 0 unspecified atom stereocenters. The maximum Gasteiger partial charge on any atom is 0.0272 e. The zero-order valence-corrected chi connectivity index (χ0v) is 26.1. The molecule has 0 saturated heterocycles. The Morgan fingerprint density at radius 2 is 0.558 bits per heavy atom. The maximum atomic E-state index is 2.39. The highest BCUT2D eigenvalue weighted by Gasteiger charge is 2.66. The third kappa shape index (κ3) is 5.63. The Kier molecular flexibility index (Phi) is 8.34. The fraction of sp³-hybridized carbons (Fsp3) is 0.122. The van der Waals surface area contributed by atoms with Crippen molar-refractivity contribution in [3.8, 4) is 0 Å². The van der Waals surface area contributed by atoms with E-state index >= 15 is 0 Å². The van der Waals surface area contributed by atoms with Gasteiger partial charge in [0.25, 0.3) is 0 Å². The topological polar surface area (TPSA) is 0 Å². The average molecular weight is 591 g/mol. The molecule has 0 nitrogen and oxygen atoms in total. The standard InChI is InChI=1S/C41H36P2/c1-7-19-33(20-8-1)41(34-21-9-2-10-22-34)39(31-42(35-23-11-3-12-24-35)36-25-13-4-14-26-36)40(41)32-43(37-27-15-5-16-28-37)38-29-17-6-18-30-38/h1-30,39-40H,31-32H2/t39-,40-/m1/s1. The third-order valence-electron chi connectivity index (χ3n) is 9.08. The Labute approximate surface area is 259 Å². The zero-order valence-electron chi connectivity index (χ0n) is 24.3. The molecule has 1 aliphatic rings. The van der Waals surface area contributed by atoms with Crippen LogP contribution in [0.5, 0.6) is 0 Å². The molecular weight excluding hydrogens is 554 g/mol. The molecule has 1 aliphatic carbocycles. The molecule has 0 amide bonds. The quantitative estimate of drug-likeness (QED) is 0.140. The van der Waals surface area contributed by atoms with E-state index in [4.69, 9.17) is 0 Å². The number of rotatable bonds is 10. The molecule has 0 spiro atoms. The first-order valence-electron chi connectivity index (χ1n) is 15.2. The van der Waals surface area contributed by atoms with E-state index in [0.717, 1.165) is 0 Å². The molecule has 210 valence electrons. The summed E-state index contributed by atoms with van der Waals surface area (Å²) in [5.41, 5.74) is 2.91. The van der Waals surface area contributed by atoms with Gasteiger partial charge in [-0.1, -0.05) is 182 Å². The monoisotopic (exact) mass is 590 g/mol. The summed E-state index contributed by atoms with van der Waals surface area (Å²) < 4.78 is 0. The van der Waals surface area contributed by atoms with Gasteiger partial charge in [-0.15, -0.1) is 0 Å². The minimum absolute atomic E-state index is 0.0171. The van der Waals surface area contributed by atoms with Crippen molar-refractivity contribution in [3.05, 3.63) is 193 Å². The van der Waals surface area contributed by atoms with Crippen molar-refractivity contribution >= 4 is 37.1 Å². The molecule has 0 N–H and O–H groups in total. The Balaban J connectivity index is 1.37. The minimum Gasteiger partial charge on any atom is -0.0622 e. The van der Waals surface area contributed by atoms with Gasteiger partial charge in [0.15, 0.2) is 0 Å². The smallest absolute Gasteiger partial charge is 0.0272 e. The summed E-state index contributed by atoms with van der Waals surface area (Å²) in [6.07, 6.45) is 2.34. The molecule has 0 radical (unpaired) electrons. The molecular formula is C41H36P2. The van der Waals surface area contributed by atoms with Crippen LogP contribution in [0, 0.1) is 11.8 Å². The van der Waals surface area contributed by atoms with E-state index in [1.165, 1.54) is 44.7 Å². The van der Waals surface area contributed by atoms with E-state index in [1.54, 1.807) is 0 Å². The summed E-state index contributed by atoms with van der Waals surface area (Å²) in [6.45, 7) is 0. The van der Waals surface area contributed by atoms with Crippen molar-refractivity contribution in [1.82, 2.24) is 0 Å². The van der Waals surface area contributed by atoms with Gasteiger partial charge in [0.2, 0.25) is 0 Å². The molecule has 0 heterocycles. The van der Waals surface area contributed by atoms with Crippen molar-refractivity contribution in [2.45, 2.75) is 5.41 Å². The Hall–Kier alpha value is -3.82. The van der Waals surface area contributed by atoms with Gasteiger partial charge in [-0.25, -0.2) is 0 Å². The Bertz CT molecular complexity index is 1490. The van der Waals surface area contributed by atoms with E-state index in [9.17, 15) is 0 Å². The zero-order chi connectivity index (χ0) is 28.9. The Morgan fingerprint density at radius 3 is 0.814 bits per heavy atom. The molecule has 6 aromatic rings. The fourth-order valence-corrected chi connectivity index (χ4v) is 12.5. The summed E-state index contributed by atoms with van der Waals surface area (Å²) in [5, 5.41) is 5.88. The van der Waals surface area contributed by atoms with Crippen LogP contribution in [0.2, 0.25) is 0 Å². The van der Waals surface area contributed by atoms with Crippen LogP contribution in [-0.2, 0) is 5.41 Å². The highest BCUT2D eigenvalue weighted by Crippen LogP contribution is 2.69. The molecule has 6 aromatic carbocycles. The lowest BCUT2D eigenvalue weighted by atomic mass is 9.84. The molecule has 0 aromatic heterocycles. The second kappa shape index (κ2) is 12.8. The SMILES string of the molecule is c1ccc(P(C[C@@H]2[C@@H](CP(c3ccccc3)c3ccccc3)C2(c2ccccc2)c2ccccc2)c2ccccc2)cc1. The van der Waals surface area contributed by atoms with Crippen LogP contribution < -0.4 is 21.2 Å². The van der Waals surface area contributed by atoms with Crippen LogP contribution in [0.3, 0.4) is 0 Å². The van der Waals surface area contributed by atoms with Crippen molar-refractivity contribution in [3.63, 3.8) is 0 Å². The normalized spacial score (nSPS) is 17.2. The van der Waals surface area contributed by atoms with Gasteiger partial charge in [0.1, 0.15) is 0 Å². The predicted octanol–water partition coefficient (Wildman–Crippen LogP) is 8.48. The highest BCUT2D eigenvalue weighted by atomic mass is 31.1. The van der Waals surface area contributed by atoms with Crippen molar-refractivity contribution in [2.75, 3.05) is 12.3 Å². The van der Waals surface area contributed by atoms with Gasteiger partial charge in [0.05, 0.1) is 0 Å². The van der Waals surface area contributed by atoms with Crippen molar-refractivity contribution in [1.29, 1.82) is 0 Å². The summed E-state index contributed by atoms with van der Waals surface area (Å²) in [7, 11) is -1.04. The van der Waals surface area contributed by atoms with Crippen LogP contribution in [0.25, 0.3) is 0 Å². The summed E-state index contributed by atoms with van der Waals surface area (Å²) in [6, 6.07) is 67.9. The van der Waals surface area contributed by atoms with Gasteiger partial charge in [-0.05, 0) is 72.3 Å². The lowest BCUT2D eigenvalue weighted by Gasteiger charge is -2.24. The molecule has 2 atom stereocenters. The van der Waals surface area contributed by atoms with E-state index in [-0.39, 0.29) is 5.41 Å². The Morgan fingerprint density at radius 1 is 0.326 bits per heavy atom. The number of hydrogen-bond donors (Lipinski definition) is 0. The molecule has 0 bridgehead atoms. The molecule has 1 saturated carbocycles. The second-order valence-electron chi connectivity index (χ2n) is 11.4. The second-order valence-corrected chi connectivity index (χ2v) is 15.9. The summed E-state index contributed by atoms with van der Waals surface area (Å²) >= 11 is 0. The predicted molar refractivity (Wildman–Crippen MR) is 189 cm³/mol. The van der Waals surface area contributed by atoms with Crippen molar-refractivity contribution in [2.24, 2.45) is 11.8 Å². The van der Waals surface area contributed by atoms with Crippen LogP contribution in [0.4, 0.5) is 0 Å². The van der Waals surface area contributed by atoms with Gasteiger partial charge in [-0.3, -0.25) is 0 Å². The highest BCUT2D eigenvalue weighted by molar-refractivity contribution is 7.73. The maximum absolute atomic E-state index is 2.39. The van der Waals surface area contributed by atoms with Crippen LogP contribution in [0.1, 0.15) is 11.1 Å². The molecule has 2 heteroatoms. The first-order valence-corrected chi connectivity index (χ1v) is 18.3. The van der Waals surface area contributed by atoms with Crippen LogP contribution in [-0.4, -0.2) is 12.3 Å². The van der Waals surface area contributed by atoms with Crippen LogP contribution in [0.15, 0.2) is 182 Å². The summed E-state index contributed by atoms with van der Waals surface area (Å²) in [4.78, 5) is 0.